The van der Waals surface area contributed by atoms with Gasteiger partial charge in [0.2, 0.25) is 0 Å². The molecule has 0 radical (unpaired) electrons. The maximum atomic E-state index is 3.44. The van der Waals surface area contributed by atoms with E-state index >= 15 is 0 Å². The van der Waals surface area contributed by atoms with Crippen LogP contribution in [0.4, 0.5) is 11.4 Å². The van der Waals surface area contributed by atoms with Crippen LogP contribution in [-0.4, -0.2) is 13.6 Å². The summed E-state index contributed by atoms with van der Waals surface area (Å²) in [5.74, 6) is 0. The van der Waals surface area contributed by atoms with Crippen molar-refractivity contribution in [2.75, 3.05) is 18.5 Å². The van der Waals surface area contributed by atoms with Crippen molar-refractivity contribution < 1.29 is 0 Å². The van der Waals surface area contributed by atoms with Gasteiger partial charge in [-0.05, 0) is 54.3 Å². The van der Waals surface area contributed by atoms with Crippen LogP contribution in [0.3, 0.4) is 0 Å². The third kappa shape index (κ3) is 2.44. The number of anilines is 2. The van der Waals surface area contributed by atoms with Gasteiger partial charge in [-0.3, -0.25) is 0 Å². The van der Waals surface area contributed by atoms with Crippen LogP contribution < -0.4 is 10.2 Å². The minimum Gasteiger partial charge on any atom is -0.344 e. The summed E-state index contributed by atoms with van der Waals surface area (Å²) in [6.45, 7) is 4.26. The Morgan fingerprint density at radius 3 is 2.65 bits per heavy atom. The first-order valence-electron chi connectivity index (χ1n) is 7.43. The topological polar surface area (TPSA) is 15.3 Å². The monoisotopic (exact) mass is 266 g/mol. The summed E-state index contributed by atoms with van der Waals surface area (Å²) in [6.07, 6.45) is 2.21. The second kappa shape index (κ2) is 5.68. The van der Waals surface area contributed by atoms with Crippen molar-refractivity contribution in [1.82, 2.24) is 5.32 Å². The van der Waals surface area contributed by atoms with Crippen LogP contribution in [0.5, 0.6) is 0 Å². The molecule has 0 amide bonds. The van der Waals surface area contributed by atoms with Gasteiger partial charge in [-0.1, -0.05) is 31.2 Å². The van der Waals surface area contributed by atoms with Gasteiger partial charge in [0, 0.05) is 25.0 Å². The number of hydrogen-bond acceptors (Lipinski definition) is 2. The lowest BCUT2D eigenvalue weighted by Crippen LogP contribution is -2.25. The molecular weight excluding hydrogens is 244 g/mol. The molecule has 0 fully saturated rings. The lowest BCUT2D eigenvalue weighted by atomic mass is 9.98. The summed E-state index contributed by atoms with van der Waals surface area (Å²) in [6, 6.07) is 15.5. The maximum absolute atomic E-state index is 3.44. The molecule has 0 bridgehead atoms. The predicted molar refractivity (Wildman–Crippen MR) is 85.7 cm³/mol. The lowest BCUT2D eigenvalue weighted by Gasteiger charge is -2.27. The van der Waals surface area contributed by atoms with Crippen molar-refractivity contribution in [3.63, 3.8) is 0 Å². The number of hydrogen-bond donors (Lipinski definition) is 1. The zero-order valence-corrected chi connectivity index (χ0v) is 12.3. The molecule has 1 aliphatic heterocycles. The highest BCUT2D eigenvalue weighted by molar-refractivity contribution is 5.67. The molecule has 3 rings (SSSR count). The largest absolute Gasteiger partial charge is 0.344 e. The number of nitrogens with zero attached hydrogens (tertiary/aromatic N) is 1. The quantitative estimate of drug-likeness (QED) is 0.912. The second-order valence-electron chi connectivity index (χ2n) is 5.42. The Labute approximate surface area is 121 Å². The highest BCUT2D eigenvalue weighted by atomic mass is 15.1. The van der Waals surface area contributed by atoms with Gasteiger partial charge in [0.25, 0.3) is 0 Å². The molecule has 0 unspecified atom stereocenters. The van der Waals surface area contributed by atoms with Gasteiger partial charge in [-0.2, -0.15) is 0 Å². The molecular formula is C18H22N2. The minimum atomic E-state index is 0.992. The Morgan fingerprint density at radius 1 is 1.10 bits per heavy atom. The zero-order chi connectivity index (χ0) is 13.9. The van der Waals surface area contributed by atoms with Gasteiger partial charge in [0.1, 0.15) is 0 Å². The van der Waals surface area contributed by atoms with E-state index in [1.54, 1.807) is 0 Å². The number of fused-ring (bicyclic) bond motifs is 1. The second-order valence-corrected chi connectivity index (χ2v) is 5.42. The molecule has 20 heavy (non-hydrogen) atoms. The smallest absolute Gasteiger partial charge is 0.0444 e. The normalized spacial score (nSPS) is 13.9. The molecule has 0 aromatic heterocycles. The Morgan fingerprint density at radius 2 is 1.90 bits per heavy atom. The third-order valence-electron chi connectivity index (χ3n) is 4.21. The van der Waals surface area contributed by atoms with E-state index in [2.05, 4.69) is 66.7 Å². The first kappa shape index (κ1) is 13.2. The number of rotatable bonds is 3. The number of aryl methyl sites for hydroxylation is 1. The average Bonchev–Trinajstić information content (AvgIpc) is 2.54. The minimum absolute atomic E-state index is 0.992. The standard InChI is InChI=1S/C18H22N2/c1-3-14-7-9-16(10-8-14)20(2)18-6-4-5-15-13-19-12-11-17(15)18/h4-10,19H,3,11-13H2,1-2H3. The van der Waals surface area contributed by atoms with Crippen LogP contribution in [0, 0.1) is 0 Å². The third-order valence-corrected chi connectivity index (χ3v) is 4.21. The fourth-order valence-corrected chi connectivity index (χ4v) is 2.92. The molecule has 0 atom stereocenters. The van der Waals surface area contributed by atoms with Crippen LogP contribution in [0.2, 0.25) is 0 Å². The van der Waals surface area contributed by atoms with Crippen molar-refractivity contribution in [2.45, 2.75) is 26.3 Å². The van der Waals surface area contributed by atoms with Crippen LogP contribution in [-0.2, 0) is 19.4 Å². The Bertz CT molecular complexity index is 587. The molecule has 2 aromatic carbocycles. The van der Waals surface area contributed by atoms with E-state index in [-0.39, 0.29) is 0 Å². The molecule has 104 valence electrons. The maximum Gasteiger partial charge on any atom is 0.0444 e. The lowest BCUT2D eigenvalue weighted by molar-refractivity contribution is 0.644. The highest BCUT2D eigenvalue weighted by Gasteiger charge is 2.15. The molecule has 1 aliphatic rings. The van der Waals surface area contributed by atoms with Crippen molar-refractivity contribution in [2.24, 2.45) is 0 Å². The van der Waals surface area contributed by atoms with E-state index in [9.17, 15) is 0 Å². The molecule has 1 N–H and O–H groups in total. The number of benzene rings is 2. The Hall–Kier alpha value is -1.80. The summed E-state index contributed by atoms with van der Waals surface area (Å²) in [5, 5.41) is 3.44. The van der Waals surface area contributed by atoms with E-state index in [0.29, 0.717) is 0 Å². The number of nitrogens with one attached hydrogen (secondary N) is 1. The molecule has 2 aromatic rings. The van der Waals surface area contributed by atoms with E-state index in [0.717, 1.165) is 25.9 Å². The van der Waals surface area contributed by atoms with Gasteiger partial charge in [-0.25, -0.2) is 0 Å². The van der Waals surface area contributed by atoms with Gasteiger partial charge in [0.05, 0.1) is 0 Å². The van der Waals surface area contributed by atoms with Crippen molar-refractivity contribution in [1.29, 1.82) is 0 Å². The molecule has 1 heterocycles. The first-order chi connectivity index (χ1) is 9.79. The molecule has 2 nitrogen and oxygen atoms in total. The summed E-state index contributed by atoms with van der Waals surface area (Å²) < 4.78 is 0. The predicted octanol–water partition coefficient (Wildman–Crippen LogP) is 3.66. The van der Waals surface area contributed by atoms with Crippen molar-refractivity contribution in [3.8, 4) is 0 Å². The summed E-state index contributed by atoms with van der Waals surface area (Å²) in [4.78, 5) is 2.31. The zero-order valence-electron chi connectivity index (χ0n) is 12.3. The summed E-state index contributed by atoms with van der Waals surface area (Å²) in [5.41, 5.74) is 6.92. The van der Waals surface area contributed by atoms with Crippen molar-refractivity contribution in [3.05, 3.63) is 59.2 Å². The fourth-order valence-electron chi connectivity index (χ4n) is 2.92. The van der Waals surface area contributed by atoms with Gasteiger partial charge in [-0.15, -0.1) is 0 Å². The molecule has 0 saturated heterocycles. The first-order valence-corrected chi connectivity index (χ1v) is 7.43. The van der Waals surface area contributed by atoms with Gasteiger partial charge >= 0.3 is 0 Å². The molecule has 0 aliphatic carbocycles. The van der Waals surface area contributed by atoms with E-state index in [1.165, 1.54) is 28.1 Å². The molecule has 2 heteroatoms. The molecule has 0 spiro atoms. The van der Waals surface area contributed by atoms with Gasteiger partial charge < -0.3 is 10.2 Å². The average molecular weight is 266 g/mol. The van der Waals surface area contributed by atoms with E-state index in [1.807, 2.05) is 0 Å². The fraction of sp³-hybridized carbons (Fsp3) is 0.333. The Balaban J connectivity index is 1.95. The molecule has 0 saturated carbocycles. The van der Waals surface area contributed by atoms with E-state index < -0.39 is 0 Å². The van der Waals surface area contributed by atoms with Crippen LogP contribution in [0.1, 0.15) is 23.6 Å². The summed E-state index contributed by atoms with van der Waals surface area (Å²) in [7, 11) is 2.17. The van der Waals surface area contributed by atoms with Gasteiger partial charge in [0.15, 0.2) is 0 Å². The highest BCUT2D eigenvalue weighted by Crippen LogP contribution is 2.30. The van der Waals surface area contributed by atoms with Crippen LogP contribution in [0.15, 0.2) is 42.5 Å². The van der Waals surface area contributed by atoms with Crippen molar-refractivity contribution >= 4 is 11.4 Å². The van der Waals surface area contributed by atoms with Crippen LogP contribution >= 0.6 is 0 Å². The van der Waals surface area contributed by atoms with E-state index in [4.69, 9.17) is 0 Å². The van der Waals surface area contributed by atoms with Crippen LogP contribution in [0.25, 0.3) is 0 Å². The summed E-state index contributed by atoms with van der Waals surface area (Å²) >= 11 is 0. The Kier molecular flexibility index (Phi) is 3.75. The SMILES string of the molecule is CCc1ccc(N(C)c2cccc3c2CCNC3)cc1.